The monoisotopic (exact) mass is 321 g/mol. The molecule has 4 N–H and O–H groups in total. The molecule has 2 atom stereocenters. The third-order valence-electron chi connectivity index (χ3n) is 3.48. The van der Waals surface area contributed by atoms with Gasteiger partial charge in [0, 0.05) is 18.9 Å². The summed E-state index contributed by atoms with van der Waals surface area (Å²) >= 11 is 0. The summed E-state index contributed by atoms with van der Waals surface area (Å²) in [5.74, 6) is -0.679. The van der Waals surface area contributed by atoms with Crippen molar-refractivity contribution in [1.29, 1.82) is 0 Å². The highest BCUT2D eigenvalue weighted by molar-refractivity contribution is 5.94. The fourth-order valence-electron chi connectivity index (χ4n) is 2.25. The summed E-state index contributed by atoms with van der Waals surface area (Å²) < 4.78 is 4.64. The molecule has 8 nitrogen and oxygen atoms in total. The van der Waals surface area contributed by atoms with E-state index in [1.165, 1.54) is 20.1 Å². The van der Waals surface area contributed by atoms with Gasteiger partial charge in [-0.25, -0.2) is 4.79 Å². The summed E-state index contributed by atoms with van der Waals surface area (Å²) in [7, 11) is 1.29. The van der Waals surface area contributed by atoms with Gasteiger partial charge >= 0.3 is 5.97 Å². The summed E-state index contributed by atoms with van der Waals surface area (Å²) in [6.45, 7) is 1.64. The van der Waals surface area contributed by atoms with Gasteiger partial charge in [-0.15, -0.1) is 0 Å². The van der Waals surface area contributed by atoms with Crippen LogP contribution in [0.1, 0.15) is 35.5 Å². The van der Waals surface area contributed by atoms with Crippen molar-refractivity contribution in [2.24, 2.45) is 0 Å². The molecule has 0 aliphatic heterocycles. The third kappa shape index (κ3) is 3.85. The standard InChI is InChI=1S/C15H19N3O5/c1-8(19)16-6-5-12(20)14(21)13-10-4-3-9(15(22)23-2)7-11(10)17-18-13/h3-4,7,12,14,20-21H,5-6H2,1-2H3,(H,16,19)(H,17,18). The van der Waals surface area contributed by atoms with Crippen LogP contribution in [0.5, 0.6) is 0 Å². The SMILES string of the molecule is COC(=O)c1ccc2c(C(O)C(O)CCNC(C)=O)[nH]nc2c1. The number of benzene rings is 1. The fraction of sp³-hybridized carbons (Fsp3) is 0.400. The average Bonchev–Trinajstić information content (AvgIpc) is 2.95. The number of aromatic amines is 1. The molecule has 2 unspecified atom stereocenters. The van der Waals surface area contributed by atoms with Crippen molar-refractivity contribution in [2.75, 3.05) is 13.7 Å². The molecule has 0 fully saturated rings. The normalized spacial score (nSPS) is 13.6. The van der Waals surface area contributed by atoms with Crippen LogP contribution >= 0.6 is 0 Å². The van der Waals surface area contributed by atoms with Crippen molar-refractivity contribution in [1.82, 2.24) is 15.5 Å². The van der Waals surface area contributed by atoms with E-state index in [0.717, 1.165) is 0 Å². The van der Waals surface area contributed by atoms with E-state index in [2.05, 4.69) is 20.3 Å². The number of nitrogens with one attached hydrogen (secondary N) is 2. The summed E-state index contributed by atoms with van der Waals surface area (Å²) in [5, 5.41) is 30.1. The lowest BCUT2D eigenvalue weighted by Gasteiger charge is -2.17. The average molecular weight is 321 g/mol. The lowest BCUT2D eigenvalue weighted by molar-refractivity contribution is -0.119. The molecule has 23 heavy (non-hydrogen) atoms. The number of ether oxygens (including phenoxy) is 1. The van der Waals surface area contributed by atoms with Crippen molar-refractivity contribution in [3.63, 3.8) is 0 Å². The van der Waals surface area contributed by atoms with Gasteiger partial charge in [0.05, 0.1) is 30.0 Å². The van der Waals surface area contributed by atoms with E-state index >= 15 is 0 Å². The molecule has 2 rings (SSSR count). The van der Waals surface area contributed by atoms with Gasteiger partial charge in [0.1, 0.15) is 6.10 Å². The number of fused-ring (bicyclic) bond motifs is 1. The van der Waals surface area contributed by atoms with Crippen LogP contribution < -0.4 is 5.32 Å². The molecule has 1 amide bonds. The molecule has 0 aliphatic rings. The van der Waals surface area contributed by atoms with Crippen LogP contribution in [0.15, 0.2) is 18.2 Å². The molecule has 0 aliphatic carbocycles. The molecule has 1 heterocycles. The minimum atomic E-state index is -1.18. The first-order valence-electron chi connectivity index (χ1n) is 7.11. The minimum absolute atomic E-state index is 0.196. The Bertz CT molecular complexity index is 712. The van der Waals surface area contributed by atoms with Crippen molar-refractivity contribution in [3.05, 3.63) is 29.5 Å². The number of aliphatic hydroxyl groups excluding tert-OH is 2. The Balaban J connectivity index is 2.16. The molecule has 0 radical (unpaired) electrons. The second-order valence-electron chi connectivity index (χ2n) is 5.14. The van der Waals surface area contributed by atoms with Crippen LogP contribution in [0.4, 0.5) is 0 Å². The minimum Gasteiger partial charge on any atom is -0.465 e. The number of aromatic nitrogens is 2. The molecule has 0 saturated heterocycles. The molecule has 8 heteroatoms. The van der Waals surface area contributed by atoms with Crippen LogP contribution in [-0.2, 0) is 9.53 Å². The maximum Gasteiger partial charge on any atom is 0.337 e. The first-order valence-corrected chi connectivity index (χ1v) is 7.11. The van der Waals surface area contributed by atoms with E-state index < -0.39 is 18.2 Å². The zero-order valence-corrected chi connectivity index (χ0v) is 12.9. The molecule has 124 valence electrons. The van der Waals surface area contributed by atoms with Gasteiger partial charge in [0.15, 0.2) is 0 Å². The highest BCUT2D eigenvalue weighted by atomic mass is 16.5. The summed E-state index contributed by atoms with van der Waals surface area (Å²) in [5.41, 5.74) is 1.18. The molecular weight excluding hydrogens is 302 g/mol. The van der Waals surface area contributed by atoms with Gasteiger partial charge in [0.25, 0.3) is 0 Å². The Morgan fingerprint density at radius 2 is 2.13 bits per heavy atom. The Morgan fingerprint density at radius 3 is 2.78 bits per heavy atom. The number of hydrogen-bond donors (Lipinski definition) is 4. The van der Waals surface area contributed by atoms with Gasteiger partial charge in [-0.2, -0.15) is 5.10 Å². The third-order valence-corrected chi connectivity index (χ3v) is 3.48. The number of carbonyl (C=O) groups is 2. The van der Waals surface area contributed by atoms with E-state index in [-0.39, 0.29) is 18.9 Å². The smallest absolute Gasteiger partial charge is 0.337 e. The summed E-state index contributed by atoms with van der Waals surface area (Å²) in [4.78, 5) is 22.3. The number of rotatable bonds is 6. The summed E-state index contributed by atoms with van der Waals surface area (Å²) in [6, 6.07) is 4.73. The number of hydrogen-bond acceptors (Lipinski definition) is 6. The molecular formula is C15H19N3O5. The number of carbonyl (C=O) groups excluding carboxylic acids is 2. The number of esters is 1. The molecule has 0 spiro atoms. The Kier molecular flexibility index (Phi) is 5.30. The predicted octanol–water partition coefficient (Wildman–Crippen LogP) is 0.270. The van der Waals surface area contributed by atoms with E-state index in [4.69, 9.17) is 0 Å². The van der Waals surface area contributed by atoms with E-state index in [1.54, 1.807) is 12.1 Å². The zero-order valence-electron chi connectivity index (χ0n) is 12.9. The second kappa shape index (κ2) is 7.21. The largest absolute Gasteiger partial charge is 0.465 e. The van der Waals surface area contributed by atoms with Crippen molar-refractivity contribution < 1.29 is 24.5 Å². The topological polar surface area (TPSA) is 125 Å². The van der Waals surface area contributed by atoms with E-state index in [1.807, 2.05) is 0 Å². The maximum atomic E-state index is 11.5. The number of methoxy groups -OCH3 is 1. The van der Waals surface area contributed by atoms with Gasteiger partial charge in [-0.05, 0) is 24.6 Å². The number of H-pyrrole nitrogens is 1. The van der Waals surface area contributed by atoms with E-state index in [0.29, 0.717) is 22.2 Å². The zero-order chi connectivity index (χ0) is 17.0. The molecule has 2 aromatic rings. The van der Waals surface area contributed by atoms with Crippen LogP contribution in [0, 0.1) is 0 Å². The van der Waals surface area contributed by atoms with Gasteiger partial charge in [0.2, 0.25) is 5.91 Å². The van der Waals surface area contributed by atoms with Gasteiger partial charge < -0.3 is 20.3 Å². The first kappa shape index (κ1) is 16.9. The summed E-state index contributed by atoms with van der Waals surface area (Å²) in [6.07, 6.45) is -2.05. The highest BCUT2D eigenvalue weighted by Crippen LogP contribution is 2.26. The van der Waals surface area contributed by atoms with E-state index in [9.17, 15) is 19.8 Å². The molecule has 0 bridgehead atoms. The van der Waals surface area contributed by atoms with Gasteiger partial charge in [-0.1, -0.05) is 0 Å². The Morgan fingerprint density at radius 1 is 1.39 bits per heavy atom. The van der Waals surface area contributed by atoms with Crippen molar-refractivity contribution in [2.45, 2.75) is 25.6 Å². The lowest BCUT2D eigenvalue weighted by Crippen LogP contribution is -2.27. The number of nitrogens with zero attached hydrogens (tertiary/aromatic N) is 1. The molecule has 1 aromatic heterocycles. The maximum absolute atomic E-state index is 11.5. The van der Waals surface area contributed by atoms with Crippen molar-refractivity contribution in [3.8, 4) is 0 Å². The van der Waals surface area contributed by atoms with Crippen LogP contribution in [0.2, 0.25) is 0 Å². The fourth-order valence-corrected chi connectivity index (χ4v) is 2.25. The Hall–Kier alpha value is -2.45. The van der Waals surface area contributed by atoms with Gasteiger partial charge in [-0.3, -0.25) is 9.89 Å². The molecule has 0 saturated carbocycles. The quantitative estimate of drug-likeness (QED) is 0.566. The highest BCUT2D eigenvalue weighted by Gasteiger charge is 2.23. The predicted molar refractivity (Wildman–Crippen MR) is 81.7 cm³/mol. The second-order valence-corrected chi connectivity index (χ2v) is 5.14. The van der Waals surface area contributed by atoms with Crippen LogP contribution in [0.3, 0.4) is 0 Å². The first-order chi connectivity index (χ1) is 10.9. The van der Waals surface area contributed by atoms with Crippen LogP contribution in [0.25, 0.3) is 10.9 Å². The molecule has 1 aromatic carbocycles. The lowest BCUT2D eigenvalue weighted by atomic mass is 10.0. The van der Waals surface area contributed by atoms with Crippen molar-refractivity contribution >= 4 is 22.8 Å². The number of amides is 1. The van der Waals surface area contributed by atoms with Crippen LogP contribution in [-0.4, -0.2) is 52.0 Å². The Labute approximate surface area is 132 Å². The number of aliphatic hydroxyl groups is 2.